The van der Waals surface area contributed by atoms with Gasteiger partial charge >= 0.3 is 0 Å². The number of benzene rings is 10. The Bertz CT molecular complexity index is 3480. The first-order chi connectivity index (χ1) is 29.3. The van der Waals surface area contributed by atoms with E-state index in [1.165, 1.54) is 66.2 Å². The normalized spacial score (nSPS) is 13.4. The molecule has 0 fully saturated rings. The third-order valence-electron chi connectivity index (χ3n) is 12.9. The predicted octanol–water partition coefficient (Wildman–Crippen LogP) is 15.4. The van der Waals surface area contributed by atoms with Crippen molar-refractivity contribution in [2.75, 3.05) is 0 Å². The van der Waals surface area contributed by atoms with Gasteiger partial charge in [-0.1, -0.05) is 170 Å². The molecule has 1 aromatic heterocycles. The molecule has 2 heteroatoms. The van der Waals surface area contributed by atoms with Crippen molar-refractivity contribution in [1.82, 2.24) is 0 Å². The number of hydrogen-bond acceptors (Lipinski definition) is 2. The van der Waals surface area contributed by atoms with Crippen LogP contribution in [-0.4, -0.2) is 0 Å². The molecular weight excluding hydrogens is 717 g/mol. The Balaban J connectivity index is 1.02. The fourth-order valence-electron chi connectivity index (χ4n) is 10.5. The summed E-state index contributed by atoms with van der Waals surface area (Å²) in [6.07, 6.45) is 0. The maximum absolute atomic E-state index is 6.80. The molecule has 0 N–H and O–H groups in total. The van der Waals surface area contributed by atoms with Gasteiger partial charge in [0.15, 0.2) is 0 Å². The van der Waals surface area contributed by atoms with Crippen LogP contribution in [0.1, 0.15) is 22.3 Å². The standard InChI is InChI=1S/C57H34O2/c1-3-16-38(17-4-1)57(39-18-5-2-6-19-39)48-25-10-9-20-45(48)54-42(24-12-26-49(54)57)41-29-31-52-56-43(41)22-11-23-44(56)46-33-37(28-30-50(46)58-52)40-21-13-27-51-55(40)47-32-35-14-7-8-15-36(35)34-53(47)59-51/h1-34H. The third kappa shape index (κ3) is 4.46. The first-order valence-electron chi connectivity index (χ1n) is 20.3. The van der Waals surface area contributed by atoms with Gasteiger partial charge in [-0.25, -0.2) is 0 Å². The van der Waals surface area contributed by atoms with Crippen LogP contribution >= 0.6 is 0 Å². The molecule has 0 amide bonds. The van der Waals surface area contributed by atoms with Crippen LogP contribution < -0.4 is 4.74 Å². The Morgan fingerprint density at radius 2 is 0.983 bits per heavy atom. The molecule has 0 radical (unpaired) electrons. The van der Waals surface area contributed by atoms with Crippen LogP contribution in [0.3, 0.4) is 0 Å². The van der Waals surface area contributed by atoms with E-state index in [0.29, 0.717) is 0 Å². The largest absolute Gasteiger partial charge is 0.456 e. The second-order valence-electron chi connectivity index (χ2n) is 15.9. The fraction of sp³-hybridized carbons (Fsp3) is 0.0175. The van der Waals surface area contributed by atoms with E-state index in [9.17, 15) is 0 Å². The van der Waals surface area contributed by atoms with Crippen LogP contribution in [0.15, 0.2) is 211 Å². The zero-order valence-corrected chi connectivity index (χ0v) is 31.9. The molecule has 2 aliphatic rings. The van der Waals surface area contributed by atoms with Crippen molar-refractivity contribution in [3.05, 3.63) is 229 Å². The number of ether oxygens (including phenoxy) is 1. The minimum atomic E-state index is -0.467. The summed E-state index contributed by atoms with van der Waals surface area (Å²) in [7, 11) is 0. The van der Waals surface area contributed by atoms with Gasteiger partial charge in [0.25, 0.3) is 0 Å². The second-order valence-corrected chi connectivity index (χ2v) is 15.9. The minimum Gasteiger partial charge on any atom is -0.456 e. The van der Waals surface area contributed by atoms with E-state index in [0.717, 1.165) is 55.5 Å². The molecule has 2 heterocycles. The van der Waals surface area contributed by atoms with E-state index in [-0.39, 0.29) is 0 Å². The van der Waals surface area contributed by atoms with Crippen LogP contribution in [0.4, 0.5) is 0 Å². The lowest BCUT2D eigenvalue weighted by Gasteiger charge is -2.34. The summed E-state index contributed by atoms with van der Waals surface area (Å²) in [6, 6.07) is 75.0. The van der Waals surface area contributed by atoms with E-state index < -0.39 is 5.41 Å². The average molecular weight is 751 g/mol. The maximum atomic E-state index is 6.80. The Kier molecular flexibility index (Phi) is 6.68. The first-order valence-corrected chi connectivity index (χ1v) is 20.3. The third-order valence-corrected chi connectivity index (χ3v) is 12.9. The van der Waals surface area contributed by atoms with Crippen molar-refractivity contribution in [2.45, 2.75) is 5.41 Å². The molecule has 59 heavy (non-hydrogen) atoms. The Hall–Kier alpha value is -7.68. The van der Waals surface area contributed by atoms with Gasteiger partial charge in [-0.3, -0.25) is 0 Å². The number of furan rings is 1. The van der Waals surface area contributed by atoms with E-state index in [1.807, 2.05) is 0 Å². The zero-order chi connectivity index (χ0) is 38.7. The lowest BCUT2D eigenvalue weighted by molar-refractivity contribution is 0.487. The fourth-order valence-corrected chi connectivity index (χ4v) is 10.5. The molecule has 1 aliphatic carbocycles. The van der Waals surface area contributed by atoms with Crippen molar-refractivity contribution in [2.24, 2.45) is 0 Å². The van der Waals surface area contributed by atoms with Crippen molar-refractivity contribution < 1.29 is 9.15 Å². The van der Waals surface area contributed by atoms with Gasteiger partial charge in [-0.2, -0.15) is 0 Å². The predicted molar refractivity (Wildman–Crippen MR) is 242 cm³/mol. The molecular formula is C57H34O2. The summed E-state index contributed by atoms with van der Waals surface area (Å²) in [4.78, 5) is 0. The van der Waals surface area contributed by atoms with Crippen LogP contribution in [0.25, 0.3) is 88.0 Å². The summed E-state index contributed by atoms with van der Waals surface area (Å²) in [5.41, 5.74) is 16.0. The highest BCUT2D eigenvalue weighted by Crippen LogP contribution is 2.59. The molecule has 0 spiro atoms. The molecule has 1 aliphatic heterocycles. The van der Waals surface area contributed by atoms with E-state index in [4.69, 9.17) is 9.15 Å². The molecule has 11 aromatic rings. The van der Waals surface area contributed by atoms with E-state index in [1.54, 1.807) is 0 Å². The van der Waals surface area contributed by atoms with Gasteiger partial charge in [0, 0.05) is 21.7 Å². The van der Waals surface area contributed by atoms with Crippen molar-refractivity contribution in [1.29, 1.82) is 0 Å². The highest BCUT2D eigenvalue weighted by atomic mass is 16.5. The quantitative estimate of drug-likeness (QED) is 0.179. The molecule has 0 saturated heterocycles. The van der Waals surface area contributed by atoms with Crippen molar-refractivity contribution >= 4 is 43.5 Å². The summed E-state index contributed by atoms with van der Waals surface area (Å²) < 4.78 is 13.3. The SMILES string of the molecule is c1ccc(C2(c3ccccc3)c3ccccc3-c3c(-c4ccc5c6c(cccc46)-c4cc(-c6cccc7oc8cc9ccccc9cc8c67)ccc4O5)cccc32)cc1. The lowest BCUT2D eigenvalue weighted by atomic mass is 9.67. The molecule has 2 nitrogen and oxygen atoms in total. The average Bonchev–Trinajstić information content (AvgIpc) is 3.82. The highest BCUT2D eigenvalue weighted by Gasteiger charge is 2.46. The van der Waals surface area contributed by atoms with Gasteiger partial charge in [0.05, 0.1) is 5.41 Å². The van der Waals surface area contributed by atoms with Gasteiger partial charge in [0.2, 0.25) is 0 Å². The molecule has 0 saturated carbocycles. The zero-order valence-electron chi connectivity index (χ0n) is 31.9. The summed E-state index contributed by atoms with van der Waals surface area (Å²) in [5, 5.41) is 6.94. The van der Waals surface area contributed by atoms with Crippen LogP contribution in [0.2, 0.25) is 0 Å². The monoisotopic (exact) mass is 750 g/mol. The summed E-state index contributed by atoms with van der Waals surface area (Å²) >= 11 is 0. The molecule has 10 aromatic carbocycles. The smallest absolute Gasteiger partial charge is 0.136 e. The Morgan fingerprint density at radius 1 is 0.339 bits per heavy atom. The van der Waals surface area contributed by atoms with Gasteiger partial charge < -0.3 is 9.15 Å². The lowest BCUT2D eigenvalue weighted by Crippen LogP contribution is -2.28. The van der Waals surface area contributed by atoms with Crippen LogP contribution in [-0.2, 0) is 5.41 Å². The highest BCUT2D eigenvalue weighted by molar-refractivity contribution is 6.17. The topological polar surface area (TPSA) is 22.4 Å². The molecule has 13 rings (SSSR count). The Morgan fingerprint density at radius 3 is 1.81 bits per heavy atom. The van der Waals surface area contributed by atoms with Crippen LogP contribution in [0, 0.1) is 0 Å². The van der Waals surface area contributed by atoms with Crippen molar-refractivity contribution in [3.63, 3.8) is 0 Å². The van der Waals surface area contributed by atoms with Gasteiger partial charge in [-0.15, -0.1) is 0 Å². The Labute approximate surface area is 341 Å². The van der Waals surface area contributed by atoms with E-state index in [2.05, 4.69) is 206 Å². The van der Waals surface area contributed by atoms with Crippen molar-refractivity contribution in [3.8, 4) is 56.0 Å². The molecule has 0 atom stereocenters. The first kappa shape index (κ1) is 32.4. The molecule has 274 valence electrons. The van der Waals surface area contributed by atoms with Crippen LogP contribution in [0.5, 0.6) is 11.5 Å². The summed E-state index contributed by atoms with van der Waals surface area (Å²) in [6.45, 7) is 0. The molecule has 0 bridgehead atoms. The van der Waals surface area contributed by atoms with E-state index >= 15 is 0 Å². The maximum Gasteiger partial charge on any atom is 0.136 e. The summed E-state index contributed by atoms with van der Waals surface area (Å²) in [5.74, 6) is 1.74. The number of hydrogen-bond donors (Lipinski definition) is 0. The second kappa shape index (κ2) is 12.2. The molecule has 0 unspecified atom stereocenters. The number of rotatable bonds is 4. The van der Waals surface area contributed by atoms with Gasteiger partial charge in [-0.05, 0) is 114 Å². The minimum absolute atomic E-state index is 0.467. The number of fused-ring (bicyclic) bond motifs is 9. The van der Waals surface area contributed by atoms with Gasteiger partial charge in [0.1, 0.15) is 22.7 Å².